The number of hydrogen-bond donors (Lipinski definition) is 1. The van der Waals surface area contributed by atoms with E-state index in [0.717, 1.165) is 12.8 Å². The minimum atomic E-state index is -0.525. The van der Waals surface area contributed by atoms with E-state index >= 15 is 0 Å². The van der Waals surface area contributed by atoms with Crippen molar-refractivity contribution in [3.63, 3.8) is 0 Å². The number of rotatable bonds is 6. The normalized spacial score (nSPS) is 21.1. The molecular formula is C11H20N2O4. The summed E-state index contributed by atoms with van der Waals surface area (Å²) in [6, 6.07) is -0.525. The van der Waals surface area contributed by atoms with Gasteiger partial charge in [-0.15, -0.1) is 0 Å². The van der Waals surface area contributed by atoms with Gasteiger partial charge in [-0.1, -0.05) is 13.3 Å². The van der Waals surface area contributed by atoms with Crippen molar-refractivity contribution in [3.05, 3.63) is 0 Å². The van der Waals surface area contributed by atoms with Gasteiger partial charge in [0.1, 0.15) is 6.04 Å². The van der Waals surface area contributed by atoms with Crippen molar-refractivity contribution < 1.29 is 19.1 Å². The third kappa shape index (κ3) is 4.70. The van der Waals surface area contributed by atoms with Gasteiger partial charge in [-0.2, -0.15) is 0 Å². The number of morpholine rings is 1. The van der Waals surface area contributed by atoms with Crippen LogP contribution in [0, 0.1) is 0 Å². The Bertz CT molecular complexity index is 270. The number of unbranched alkanes of at least 4 members (excludes halogenated alkanes) is 1. The fraction of sp³-hybridized carbons (Fsp3) is 0.818. The predicted octanol–water partition coefficient (Wildman–Crippen LogP) is -0.484. The SMILES string of the molecule is CCCCOC(=O)CN1CCOCC1C(N)=O. The Morgan fingerprint density at radius 1 is 1.53 bits per heavy atom. The summed E-state index contributed by atoms with van der Waals surface area (Å²) in [6.07, 6.45) is 1.84. The standard InChI is InChI=1S/C11H20N2O4/c1-2-3-5-17-10(14)7-13-4-6-16-8-9(13)11(12)15/h9H,2-8H2,1H3,(H2,12,15). The van der Waals surface area contributed by atoms with Gasteiger partial charge in [0, 0.05) is 6.54 Å². The number of esters is 1. The number of carbonyl (C=O) groups excluding carboxylic acids is 2. The number of nitrogens with two attached hydrogens (primary N) is 1. The van der Waals surface area contributed by atoms with Crippen LogP contribution in [0.1, 0.15) is 19.8 Å². The number of carbonyl (C=O) groups is 2. The molecule has 1 saturated heterocycles. The van der Waals surface area contributed by atoms with Crippen LogP contribution in [0.15, 0.2) is 0 Å². The molecule has 1 fully saturated rings. The molecule has 6 heteroatoms. The molecule has 2 N–H and O–H groups in total. The molecule has 1 aliphatic heterocycles. The average molecular weight is 244 g/mol. The molecular weight excluding hydrogens is 224 g/mol. The highest BCUT2D eigenvalue weighted by molar-refractivity contribution is 5.81. The van der Waals surface area contributed by atoms with Crippen molar-refractivity contribution in [2.24, 2.45) is 5.73 Å². The zero-order chi connectivity index (χ0) is 12.7. The minimum absolute atomic E-state index is 0.0979. The summed E-state index contributed by atoms with van der Waals surface area (Å²) in [5.74, 6) is -0.780. The van der Waals surface area contributed by atoms with Crippen molar-refractivity contribution in [2.45, 2.75) is 25.8 Å². The summed E-state index contributed by atoms with van der Waals surface area (Å²) in [5, 5.41) is 0. The largest absolute Gasteiger partial charge is 0.465 e. The smallest absolute Gasteiger partial charge is 0.320 e. The molecule has 0 bridgehead atoms. The molecule has 0 radical (unpaired) electrons. The first-order valence-electron chi connectivity index (χ1n) is 5.92. The zero-order valence-corrected chi connectivity index (χ0v) is 10.2. The van der Waals surface area contributed by atoms with E-state index in [1.807, 2.05) is 6.92 Å². The van der Waals surface area contributed by atoms with Crippen LogP contribution in [-0.4, -0.2) is 55.7 Å². The summed E-state index contributed by atoms with van der Waals surface area (Å²) >= 11 is 0. The zero-order valence-electron chi connectivity index (χ0n) is 10.2. The number of primary amides is 1. The number of hydrogen-bond acceptors (Lipinski definition) is 5. The number of ether oxygens (including phenoxy) is 2. The molecule has 0 aromatic rings. The highest BCUT2D eigenvalue weighted by Gasteiger charge is 2.29. The van der Waals surface area contributed by atoms with Crippen LogP contribution in [0.2, 0.25) is 0 Å². The first kappa shape index (κ1) is 13.9. The molecule has 98 valence electrons. The van der Waals surface area contributed by atoms with Crippen molar-refractivity contribution in [3.8, 4) is 0 Å². The van der Waals surface area contributed by atoms with E-state index < -0.39 is 11.9 Å². The summed E-state index contributed by atoms with van der Waals surface area (Å²) in [7, 11) is 0. The second kappa shape index (κ2) is 7.24. The quantitative estimate of drug-likeness (QED) is 0.504. The Labute approximate surface area is 101 Å². The van der Waals surface area contributed by atoms with Gasteiger partial charge in [0.05, 0.1) is 26.4 Å². The van der Waals surface area contributed by atoms with Crippen LogP contribution < -0.4 is 5.73 Å². The molecule has 0 aromatic carbocycles. The van der Waals surface area contributed by atoms with E-state index in [4.69, 9.17) is 15.2 Å². The van der Waals surface area contributed by atoms with Crippen molar-refractivity contribution in [1.29, 1.82) is 0 Å². The fourth-order valence-electron chi connectivity index (χ4n) is 1.63. The lowest BCUT2D eigenvalue weighted by Crippen LogP contribution is -2.54. The Balaban J connectivity index is 2.36. The van der Waals surface area contributed by atoms with Crippen LogP contribution in [0.3, 0.4) is 0 Å². The molecule has 1 unspecified atom stereocenters. The molecule has 1 rings (SSSR count). The van der Waals surface area contributed by atoms with E-state index in [0.29, 0.717) is 19.8 Å². The van der Waals surface area contributed by atoms with Crippen LogP contribution in [0.5, 0.6) is 0 Å². The lowest BCUT2D eigenvalue weighted by Gasteiger charge is -2.32. The molecule has 1 heterocycles. The lowest BCUT2D eigenvalue weighted by atomic mass is 10.2. The van der Waals surface area contributed by atoms with Crippen molar-refractivity contribution in [1.82, 2.24) is 4.90 Å². The molecule has 1 atom stereocenters. The van der Waals surface area contributed by atoms with Gasteiger partial charge in [-0.05, 0) is 6.42 Å². The molecule has 0 aliphatic carbocycles. The molecule has 6 nitrogen and oxygen atoms in total. The third-order valence-corrected chi connectivity index (χ3v) is 2.66. The van der Waals surface area contributed by atoms with Gasteiger partial charge < -0.3 is 15.2 Å². The van der Waals surface area contributed by atoms with Gasteiger partial charge in [0.25, 0.3) is 0 Å². The summed E-state index contributed by atoms with van der Waals surface area (Å²) < 4.78 is 10.2. The number of nitrogens with zero attached hydrogens (tertiary/aromatic N) is 1. The van der Waals surface area contributed by atoms with E-state index in [-0.39, 0.29) is 19.1 Å². The highest BCUT2D eigenvalue weighted by atomic mass is 16.5. The second-order valence-electron chi connectivity index (χ2n) is 4.04. The Morgan fingerprint density at radius 2 is 2.29 bits per heavy atom. The number of amides is 1. The highest BCUT2D eigenvalue weighted by Crippen LogP contribution is 2.06. The monoisotopic (exact) mass is 244 g/mol. The predicted molar refractivity (Wildman–Crippen MR) is 61.2 cm³/mol. The summed E-state index contributed by atoms with van der Waals surface area (Å²) in [6.45, 7) is 3.83. The van der Waals surface area contributed by atoms with Crippen molar-refractivity contribution >= 4 is 11.9 Å². The maximum Gasteiger partial charge on any atom is 0.320 e. The van der Waals surface area contributed by atoms with Gasteiger partial charge in [0.2, 0.25) is 5.91 Å². The van der Waals surface area contributed by atoms with Gasteiger partial charge >= 0.3 is 5.97 Å². The molecule has 17 heavy (non-hydrogen) atoms. The van der Waals surface area contributed by atoms with Crippen LogP contribution in [-0.2, 0) is 19.1 Å². The molecule has 0 spiro atoms. The Morgan fingerprint density at radius 3 is 2.94 bits per heavy atom. The molecule has 1 aliphatic rings. The van der Waals surface area contributed by atoms with E-state index in [1.54, 1.807) is 4.90 Å². The van der Waals surface area contributed by atoms with Crippen LogP contribution >= 0.6 is 0 Å². The molecule has 1 amide bonds. The maximum absolute atomic E-state index is 11.5. The van der Waals surface area contributed by atoms with E-state index in [2.05, 4.69) is 0 Å². The molecule has 0 aromatic heterocycles. The second-order valence-corrected chi connectivity index (χ2v) is 4.04. The average Bonchev–Trinajstić information content (AvgIpc) is 2.29. The minimum Gasteiger partial charge on any atom is -0.465 e. The topological polar surface area (TPSA) is 81.9 Å². The fourth-order valence-corrected chi connectivity index (χ4v) is 1.63. The third-order valence-electron chi connectivity index (χ3n) is 2.66. The summed E-state index contributed by atoms with van der Waals surface area (Å²) in [4.78, 5) is 24.4. The lowest BCUT2D eigenvalue weighted by molar-refractivity contribution is -0.148. The van der Waals surface area contributed by atoms with Crippen molar-refractivity contribution in [2.75, 3.05) is 32.9 Å². The van der Waals surface area contributed by atoms with E-state index in [1.165, 1.54) is 0 Å². The van der Waals surface area contributed by atoms with E-state index in [9.17, 15) is 9.59 Å². The molecule has 0 saturated carbocycles. The van der Waals surface area contributed by atoms with Crippen LogP contribution in [0.25, 0.3) is 0 Å². The van der Waals surface area contributed by atoms with Gasteiger partial charge in [-0.25, -0.2) is 0 Å². The Kier molecular flexibility index (Phi) is 5.93. The first-order valence-corrected chi connectivity index (χ1v) is 5.92. The van der Waals surface area contributed by atoms with Crippen LogP contribution in [0.4, 0.5) is 0 Å². The van der Waals surface area contributed by atoms with Gasteiger partial charge in [-0.3, -0.25) is 14.5 Å². The Hall–Kier alpha value is -1.14. The first-order chi connectivity index (χ1) is 8.15. The van der Waals surface area contributed by atoms with Gasteiger partial charge in [0.15, 0.2) is 0 Å². The maximum atomic E-state index is 11.5. The summed E-state index contributed by atoms with van der Waals surface area (Å²) in [5.41, 5.74) is 5.24.